The highest BCUT2D eigenvalue weighted by Crippen LogP contribution is 2.34. The van der Waals surface area contributed by atoms with Crippen LogP contribution in [0.25, 0.3) is 22.7 Å². The molecule has 5 nitrogen and oxygen atoms in total. The molecule has 0 saturated carbocycles. The van der Waals surface area contributed by atoms with Gasteiger partial charge in [0.25, 0.3) is 0 Å². The molecule has 6 heteroatoms. The molecule has 0 unspecified atom stereocenters. The molecule has 0 amide bonds. The molecule has 0 saturated heterocycles. The number of nitriles is 1. The van der Waals surface area contributed by atoms with Crippen molar-refractivity contribution >= 4 is 34.3 Å². The van der Waals surface area contributed by atoms with Crippen LogP contribution in [-0.4, -0.2) is 24.2 Å². The molecule has 0 aliphatic rings. The quantitative estimate of drug-likeness (QED) is 0.719. The predicted octanol–water partition coefficient (Wildman–Crippen LogP) is 4.30. The van der Waals surface area contributed by atoms with Gasteiger partial charge in [-0.25, -0.2) is 4.98 Å². The zero-order valence-corrected chi connectivity index (χ0v) is 13.9. The van der Waals surface area contributed by atoms with Gasteiger partial charge in [-0.2, -0.15) is 5.26 Å². The second-order valence-corrected chi connectivity index (χ2v) is 5.41. The van der Waals surface area contributed by atoms with E-state index < -0.39 is 0 Å². The van der Waals surface area contributed by atoms with Crippen molar-refractivity contribution in [1.29, 1.82) is 5.26 Å². The van der Waals surface area contributed by atoms with Crippen LogP contribution in [-0.2, 0) is 0 Å². The molecular weight excluding hydrogens is 326 g/mol. The summed E-state index contributed by atoms with van der Waals surface area (Å²) in [6.07, 6.45) is 1.67. The summed E-state index contributed by atoms with van der Waals surface area (Å²) in [5.74, 6) is 1.56. The molecule has 0 fully saturated rings. The van der Waals surface area contributed by atoms with Crippen LogP contribution >= 0.6 is 11.6 Å². The molecular formula is C18H14ClN3O2. The van der Waals surface area contributed by atoms with Crippen molar-refractivity contribution in [2.24, 2.45) is 0 Å². The Morgan fingerprint density at radius 3 is 2.58 bits per heavy atom. The second-order valence-electron chi connectivity index (χ2n) is 5.00. The molecule has 0 aliphatic carbocycles. The normalized spacial score (nSPS) is 11.3. The van der Waals surface area contributed by atoms with Crippen molar-refractivity contribution in [3.8, 4) is 17.6 Å². The van der Waals surface area contributed by atoms with Crippen molar-refractivity contribution < 1.29 is 9.47 Å². The summed E-state index contributed by atoms with van der Waals surface area (Å²) in [5.41, 5.74) is 2.69. The van der Waals surface area contributed by atoms with E-state index in [0.29, 0.717) is 33.5 Å². The molecule has 2 aromatic carbocycles. The first-order valence-corrected chi connectivity index (χ1v) is 7.52. The van der Waals surface area contributed by atoms with Crippen LogP contribution in [0.15, 0.2) is 36.4 Å². The number of ether oxygens (including phenoxy) is 2. The first-order valence-electron chi connectivity index (χ1n) is 7.14. The minimum atomic E-state index is 0.375. The van der Waals surface area contributed by atoms with Crippen LogP contribution in [0, 0.1) is 11.3 Å². The lowest BCUT2D eigenvalue weighted by Crippen LogP contribution is -1.92. The molecule has 3 aromatic rings. The number of methoxy groups -OCH3 is 2. The summed E-state index contributed by atoms with van der Waals surface area (Å²) in [5, 5.41) is 9.96. The molecule has 0 aliphatic heterocycles. The number of aromatic amines is 1. The molecule has 0 atom stereocenters. The SMILES string of the molecule is COc1cc(Cl)c(/C=C(\C#N)c2nc3ccccc3[nH]2)cc1OC. The van der Waals surface area contributed by atoms with Crippen molar-refractivity contribution in [2.75, 3.05) is 14.2 Å². The number of benzene rings is 2. The number of hydrogen-bond acceptors (Lipinski definition) is 4. The number of rotatable bonds is 4. The largest absolute Gasteiger partial charge is 0.493 e. The molecule has 1 N–H and O–H groups in total. The van der Waals surface area contributed by atoms with Gasteiger partial charge in [0.1, 0.15) is 11.9 Å². The van der Waals surface area contributed by atoms with Gasteiger partial charge in [0.2, 0.25) is 0 Å². The van der Waals surface area contributed by atoms with Crippen LogP contribution in [0.4, 0.5) is 0 Å². The third-order valence-corrected chi connectivity index (χ3v) is 3.89. The molecule has 3 rings (SSSR count). The minimum Gasteiger partial charge on any atom is -0.493 e. The highest BCUT2D eigenvalue weighted by molar-refractivity contribution is 6.32. The summed E-state index contributed by atoms with van der Waals surface area (Å²) >= 11 is 6.28. The van der Waals surface area contributed by atoms with E-state index in [0.717, 1.165) is 11.0 Å². The Balaban J connectivity index is 2.09. The van der Waals surface area contributed by atoms with E-state index in [2.05, 4.69) is 16.0 Å². The van der Waals surface area contributed by atoms with Gasteiger partial charge >= 0.3 is 0 Å². The zero-order valence-electron chi connectivity index (χ0n) is 13.1. The number of nitrogens with one attached hydrogen (secondary N) is 1. The Kier molecular flexibility index (Phi) is 4.41. The molecule has 1 heterocycles. The fourth-order valence-corrected chi connectivity index (χ4v) is 2.58. The molecule has 1 aromatic heterocycles. The van der Waals surface area contributed by atoms with Gasteiger partial charge in [-0.05, 0) is 29.8 Å². The van der Waals surface area contributed by atoms with Gasteiger partial charge in [0.15, 0.2) is 11.5 Å². The molecule has 0 spiro atoms. The van der Waals surface area contributed by atoms with Crippen LogP contribution in [0.5, 0.6) is 11.5 Å². The van der Waals surface area contributed by atoms with E-state index in [4.69, 9.17) is 21.1 Å². The zero-order chi connectivity index (χ0) is 17.1. The lowest BCUT2D eigenvalue weighted by atomic mass is 10.1. The maximum absolute atomic E-state index is 9.51. The van der Waals surface area contributed by atoms with Crippen molar-refractivity contribution in [3.63, 3.8) is 0 Å². The van der Waals surface area contributed by atoms with Crippen LogP contribution in [0.3, 0.4) is 0 Å². The summed E-state index contributed by atoms with van der Waals surface area (Å²) in [6, 6.07) is 13.1. The summed E-state index contributed by atoms with van der Waals surface area (Å²) in [6.45, 7) is 0. The van der Waals surface area contributed by atoms with Crippen LogP contribution < -0.4 is 9.47 Å². The van der Waals surface area contributed by atoms with E-state index in [9.17, 15) is 5.26 Å². The monoisotopic (exact) mass is 339 g/mol. The van der Waals surface area contributed by atoms with E-state index in [-0.39, 0.29) is 0 Å². The number of fused-ring (bicyclic) bond motifs is 1. The number of para-hydroxylation sites is 2. The maximum atomic E-state index is 9.51. The first-order chi connectivity index (χ1) is 11.7. The smallest absolute Gasteiger partial charge is 0.162 e. The standard InChI is InChI=1S/C18H14ClN3O2/c1-23-16-8-11(13(19)9-17(16)24-2)7-12(10-20)18-21-14-5-3-4-6-15(14)22-18/h3-9H,1-2H3,(H,21,22)/b12-7+. The van der Waals surface area contributed by atoms with E-state index >= 15 is 0 Å². The molecule has 120 valence electrons. The van der Waals surface area contributed by atoms with E-state index in [1.54, 1.807) is 32.4 Å². The summed E-state index contributed by atoms with van der Waals surface area (Å²) < 4.78 is 10.5. The Morgan fingerprint density at radius 1 is 1.21 bits per heavy atom. The van der Waals surface area contributed by atoms with Gasteiger partial charge in [-0.1, -0.05) is 23.7 Å². The van der Waals surface area contributed by atoms with Crippen molar-refractivity contribution in [3.05, 3.63) is 52.8 Å². The van der Waals surface area contributed by atoms with Crippen LogP contribution in [0.1, 0.15) is 11.4 Å². The highest BCUT2D eigenvalue weighted by Gasteiger charge is 2.12. The Bertz CT molecular complexity index is 937. The van der Waals surface area contributed by atoms with Gasteiger partial charge in [-0.15, -0.1) is 0 Å². The fourth-order valence-electron chi connectivity index (χ4n) is 2.37. The van der Waals surface area contributed by atoms with E-state index in [1.165, 1.54) is 0 Å². The average Bonchev–Trinajstić information content (AvgIpc) is 3.04. The average molecular weight is 340 g/mol. The third kappa shape index (κ3) is 2.92. The third-order valence-electron chi connectivity index (χ3n) is 3.57. The highest BCUT2D eigenvalue weighted by atomic mass is 35.5. The van der Waals surface area contributed by atoms with Gasteiger partial charge < -0.3 is 14.5 Å². The van der Waals surface area contributed by atoms with Crippen LogP contribution in [0.2, 0.25) is 5.02 Å². The predicted molar refractivity (Wildman–Crippen MR) is 94.1 cm³/mol. The lowest BCUT2D eigenvalue weighted by molar-refractivity contribution is 0.355. The lowest BCUT2D eigenvalue weighted by Gasteiger charge is -2.09. The molecule has 0 radical (unpaired) electrons. The number of aromatic nitrogens is 2. The number of H-pyrrole nitrogens is 1. The van der Waals surface area contributed by atoms with E-state index in [1.807, 2.05) is 24.3 Å². The van der Waals surface area contributed by atoms with Crippen molar-refractivity contribution in [1.82, 2.24) is 9.97 Å². The summed E-state index contributed by atoms with van der Waals surface area (Å²) in [4.78, 5) is 7.58. The molecule has 0 bridgehead atoms. The second kappa shape index (κ2) is 6.65. The van der Waals surface area contributed by atoms with Gasteiger partial charge in [-0.3, -0.25) is 0 Å². The topological polar surface area (TPSA) is 70.9 Å². The number of imidazole rings is 1. The molecule has 24 heavy (non-hydrogen) atoms. The number of allylic oxidation sites excluding steroid dienone is 1. The Hall–Kier alpha value is -2.97. The van der Waals surface area contributed by atoms with Gasteiger partial charge in [0.05, 0.1) is 35.8 Å². The first kappa shape index (κ1) is 15.9. The minimum absolute atomic E-state index is 0.375. The summed E-state index contributed by atoms with van der Waals surface area (Å²) in [7, 11) is 3.09. The number of halogens is 1. The van der Waals surface area contributed by atoms with Crippen molar-refractivity contribution in [2.45, 2.75) is 0 Å². The number of hydrogen-bond donors (Lipinski definition) is 1. The Labute approximate surface area is 144 Å². The number of nitrogens with zero attached hydrogens (tertiary/aromatic N) is 2. The Morgan fingerprint density at radius 2 is 1.92 bits per heavy atom. The fraction of sp³-hybridized carbons (Fsp3) is 0.111. The maximum Gasteiger partial charge on any atom is 0.162 e. The van der Waals surface area contributed by atoms with Gasteiger partial charge in [0, 0.05) is 6.07 Å².